The van der Waals surface area contributed by atoms with Crippen LogP contribution in [0.3, 0.4) is 0 Å². The molecule has 0 aromatic carbocycles. The highest BCUT2D eigenvalue weighted by Crippen LogP contribution is 2.35. The van der Waals surface area contributed by atoms with Crippen LogP contribution in [0.1, 0.15) is 32.6 Å². The molecule has 1 aliphatic carbocycles. The molecule has 2 fully saturated rings. The van der Waals surface area contributed by atoms with Gasteiger partial charge < -0.3 is 10.2 Å². The largest absolute Gasteiger partial charge is 0.342 e. The summed E-state index contributed by atoms with van der Waals surface area (Å²) in [7, 11) is 0. The first-order chi connectivity index (χ1) is 7.27. The Morgan fingerprint density at radius 1 is 1.40 bits per heavy atom. The van der Waals surface area contributed by atoms with Crippen LogP contribution in [0, 0.1) is 11.8 Å². The lowest BCUT2D eigenvalue weighted by molar-refractivity contribution is -0.129. The maximum Gasteiger partial charge on any atom is 0.236 e. The van der Waals surface area contributed by atoms with Crippen molar-refractivity contribution in [2.45, 2.75) is 32.6 Å². The molecule has 1 N–H and O–H groups in total. The van der Waals surface area contributed by atoms with E-state index < -0.39 is 0 Å². The third-order valence-electron chi connectivity index (χ3n) is 3.63. The molecule has 2 rings (SSSR count). The zero-order valence-corrected chi connectivity index (χ0v) is 9.67. The molecule has 0 bridgehead atoms. The number of hydrogen-bond acceptors (Lipinski definition) is 2. The van der Waals surface area contributed by atoms with Crippen LogP contribution in [0.15, 0.2) is 0 Å². The Morgan fingerprint density at radius 3 is 2.67 bits per heavy atom. The lowest BCUT2D eigenvalue weighted by Gasteiger charge is -2.17. The van der Waals surface area contributed by atoms with Crippen molar-refractivity contribution >= 4 is 5.91 Å². The lowest BCUT2D eigenvalue weighted by atomic mass is 10.1. The first-order valence-electron chi connectivity index (χ1n) is 6.26. The Bertz CT molecular complexity index is 220. The third-order valence-corrected chi connectivity index (χ3v) is 3.63. The number of amides is 1. The molecular weight excluding hydrogens is 188 g/mol. The molecule has 1 atom stereocenters. The first kappa shape index (κ1) is 10.9. The van der Waals surface area contributed by atoms with Gasteiger partial charge in [-0.1, -0.05) is 6.92 Å². The molecule has 0 spiro atoms. The van der Waals surface area contributed by atoms with Crippen molar-refractivity contribution in [3.05, 3.63) is 0 Å². The molecular formula is C12H22N2O. The minimum Gasteiger partial charge on any atom is -0.342 e. The van der Waals surface area contributed by atoms with Gasteiger partial charge >= 0.3 is 0 Å². The molecule has 1 saturated carbocycles. The SMILES string of the molecule is CC(CNCC(=O)N1CCCC1)C1CC1. The van der Waals surface area contributed by atoms with Crippen LogP contribution in [-0.4, -0.2) is 37.0 Å². The van der Waals surface area contributed by atoms with Gasteiger partial charge in [0.15, 0.2) is 0 Å². The topological polar surface area (TPSA) is 32.3 Å². The molecule has 2 aliphatic rings. The van der Waals surface area contributed by atoms with E-state index in [0.717, 1.165) is 31.5 Å². The number of carbonyl (C=O) groups is 1. The second kappa shape index (κ2) is 4.97. The zero-order valence-electron chi connectivity index (χ0n) is 9.67. The molecule has 0 aromatic heterocycles. The van der Waals surface area contributed by atoms with Gasteiger partial charge in [0.25, 0.3) is 0 Å². The van der Waals surface area contributed by atoms with E-state index in [0.29, 0.717) is 6.54 Å². The van der Waals surface area contributed by atoms with E-state index in [2.05, 4.69) is 12.2 Å². The molecule has 1 amide bonds. The average Bonchev–Trinajstić information content (AvgIpc) is 2.93. The predicted octanol–water partition coefficient (Wildman–Crippen LogP) is 1.24. The molecule has 0 radical (unpaired) electrons. The van der Waals surface area contributed by atoms with Crippen molar-refractivity contribution in [3.8, 4) is 0 Å². The summed E-state index contributed by atoms with van der Waals surface area (Å²) in [5, 5.41) is 3.29. The number of nitrogens with one attached hydrogen (secondary N) is 1. The monoisotopic (exact) mass is 210 g/mol. The number of carbonyl (C=O) groups excluding carboxylic acids is 1. The zero-order chi connectivity index (χ0) is 10.7. The molecule has 0 aromatic rings. The highest BCUT2D eigenvalue weighted by molar-refractivity contribution is 5.78. The second-order valence-corrected chi connectivity index (χ2v) is 5.03. The van der Waals surface area contributed by atoms with E-state index in [1.54, 1.807) is 0 Å². The van der Waals surface area contributed by atoms with Crippen LogP contribution in [0.4, 0.5) is 0 Å². The van der Waals surface area contributed by atoms with Crippen molar-refractivity contribution in [3.63, 3.8) is 0 Å². The van der Waals surface area contributed by atoms with E-state index >= 15 is 0 Å². The summed E-state index contributed by atoms with van der Waals surface area (Å²) in [6.45, 7) is 5.77. The van der Waals surface area contributed by atoms with E-state index in [-0.39, 0.29) is 5.91 Å². The summed E-state index contributed by atoms with van der Waals surface area (Å²) < 4.78 is 0. The number of likely N-dealkylation sites (tertiary alicyclic amines) is 1. The molecule has 86 valence electrons. The number of nitrogens with zero attached hydrogens (tertiary/aromatic N) is 1. The van der Waals surface area contributed by atoms with Gasteiger partial charge in [0.05, 0.1) is 6.54 Å². The molecule has 1 heterocycles. The fourth-order valence-corrected chi connectivity index (χ4v) is 2.32. The van der Waals surface area contributed by atoms with Gasteiger partial charge in [-0.15, -0.1) is 0 Å². The van der Waals surface area contributed by atoms with Crippen LogP contribution in [0.2, 0.25) is 0 Å². The van der Waals surface area contributed by atoms with Crippen LogP contribution in [-0.2, 0) is 4.79 Å². The van der Waals surface area contributed by atoms with Crippen molar-refractivity contribution in [1.29, 1.82) is 0 Å². The summed E-state index contributed by atoms with van der Waals surface area (Å²) in [4.78, 5) is 13.7. The van der Waals surface area contributed by atoms with Crippen LogP contribution >= 0.6 is 0 Å². The van der Waals surface area contributed by atoms with Gasteiger partial charge in [-0.25, -0.2) is 0 Å². The molecule has 3 heteroatoms. The minimum atomic E-state index is 0.287. The normalized spacial score (nSPS) is 23.1. The summed E-state index contributed by atoms with van der Waals surface area (Å²) >= 11 is 0. The fourth-order valence-electron chi connectivity index (χ4n) is 2.32. The molecule has 15 heavy (non-hydrogen) atoms. The van der Waals surface area contributed by atoms with Crippen LogP contribution < -0.4 is 5.32 Å². The van der Waals surface area contributed by atoms with Gasteiger partial charge in [-0.3, -0.25) is 4.79 Å². The van der Waals surface area contributed by atoms with Crippen LogP contribution in [0.25, 0.3) is 0 Å². The maximum atomic E-state index is 11.7. The van der Waals surface area contributed by atoms with Gasteiger partial charge in [-0.05, 0) is 44.1 Å². The van der Waals surface area contributed by atoms with Crippen molar-refractivity contribution in [2.24, 2.45) is 11.8 Å². The first-order valence-corrected chi connectivity index (χ1v) is 6.26. The van der Waals surface area contributed by atoms with Crippen LogP contribution in [0.5, 0.6) is 0 Å². The predicted molar refractivity (Wildman–Crippen MR) is 60.6 cm³/mol. The Balaban J connectivity index is 1.58. The quantitative estimate of drug-likeness (QED) is 0.740. The summed E-state index contributed by atoms with van der Waals surface area (Å²) in [6, 6.07) is 0. The Morgan fingerprint density at radius 2 is 2.07 bits per heavy atom. The summed E-state index contributed by atoms with van der Waals surface area (Å²) in [5.74, 6) is 1.96. The molecule has 1 aliphatic heterocycles. The summed E-state index contributed by atoms with van der Waals surface area (Å²) in [5.41, 5.74) is 0. The highest BCUT2D eigenvalue weighted by atomic mass is 16.2. The lowest BCUT2D eigenvalue weighted by Crippen LogP contribution is -2.37. The third kappa shape index (κ3) is 3.20. The number of hydrogen-bond donors (Lipinski definition) is 1. The smallest absolute Gasteiger partial charge is 0.236 e. The average molecular weight is 210 g/mol. The Labute approximate surface area is 92.2 Å². The van der Waals surface area contributed by atoms with Gasteiger partial charge in [0.2, 0.25) is 5.91 Å². The van der Waals surface area contributed by atoms with Crippen molar-refractivity contribution < 1.29 is 4.79 Å². The van der Waals surface area contributed by atoms with E-state index in [4.69, 9.17) is 0 Å². The molecule has 1 saturated heterocycles. The minimum absolute atomic E-state index is 0.287. The van der Waals surface area contributed by atoms with Crippen molar-refractivity contribution in [2.75, 3.05) is 26.2 Å². The standard InChI is InChI=1S/C12H22N2O/c1-10(11-4-5-11)8-13-9-12(15)14-6-2-3-7-14/h10-11,13H,2-9H2,1H3. The van der Waals surface area contributed by atoms with Gasteiger partial charge in [-0.2, -0.15) is 0 Å². The Hall–Kier alpha value is -0.570. The van der Waals surface area contributed by atoms with Gasteiger partial charge in [0.1, 0.15) is 0 Å². The van der Waals surface area contributed by atoms with E-state index in [1.165, 1.54) is 25.7 Å². The molecule has 1 unspecified atom stereocenters. The summed E-state index contributed by atoms with van der Waals surface area (Å²) in [6.07, 6.45) is 5.15. The van der Waals surface area contributed by atoms with Crippen molar-refractivity contribution in [1.82, 2.24) is 10.2 Å². The highest BCUT2D eigenvalue weighted by Gasteiger charge is 2.27. The fraction of sp³-hybridized carbons (Fsp3) is 0.917. The van der Waals surface area contributed by atoms with E-state index in [1.807, 2.05) is 4.90 Å². The maximum absolute atomic E-state index is 11.7. The second-order valence-electron chi connectivity index (χ2n) is 5.03. The van der Waals surface area contributed by atoms with E-state index in [9.17, 15) is 4.79 Å². The van der Waals surface area contributed by atoms with Gasteiger partial charge in [0, 0.05) is 13.1 Å². The number of rotatable bonds is 5. The molecule has 3 nitrogen and oxygen atoms in total. The Kier molecular flexibility index (Phi) is 3.62.